The van der Waals surface area contributed by atoms with Crippen molar-refractivity contribution in [1.29, 1.82) is 0 Å². The molecule has 164 valence electrons. The normalized spacial score (nSPS) is 18.0. The lowest BCUT2D eigenvalue weighted by molar-refractivity contribution is 0.247. The van der Waals surface area contributed by atoms with Gasteiger partial charge in [-0.1, -0.05) is 12.1 Å². The zero-order valence-corrected chi connectivity index (χ0v) is 19.5. The fourth-order valence-corrected chi connectivity index (χ4v) is 6.10. The fourth-order valence-electron chi connectivity index (χ4n) is 4.85. The van der Waals surface area contributed by atoms with Crippen LogP contribution in [0.2, 0.25) is 0 Å². The maximum Gasteiger partial charge on any atom is 0.262 e. The third-order valence-corrected chi connectivity index (χ3v) is 8.09. The summed E-state index contributed by atoms with van der Waals surface area (Å²) in [4.78, 5) is 27.3. The van der Waals surface area contributed by atoms with E-state index in [2.05, 4.69) is 58.8 Å². The summed E-state index contributed by atoms with van der Waals surface area (Å²) >= 11 is 1.69. The highest BCUT2D eigenvalue weighted by molar-refractivity contribution is 7.18. The average Bonchev–Trinajstić information content (AvgIpc) is 3.14. The topological polar surface area (TPSA) is 44.6 Å². The lowest BCUT2D eigenvalue weighted by atomic mass is 10.1. The summed E-state index contributed by atoms with van der Waals surface area (Å²) in [5.74, 6) is 0. The molecule has 31 heavy (non-hydrogen) atoms. The van der Waals surface area contributed by atoms with Crippen molar-refractivity contribution < 1.29 is 0 Å². The van der Waals surface area contributed by atoms with Crippen molar-refractivity contribution in [2.45, 2.75) is 33.4 Å². The Hall–Kier alpha value is -2.22. The lowest BCUT2D eigenvalue weighted by Gasteiger charge is -2.37. The maximum atomic E-state index is 13.2. The largest absolute Gasteiger partial charge is 0.369 e. The van der Waals surface area contributed by atoms with Gasteiger partial charge in [-0.15, -0.1) is 11.3 Å². The summed E-state index contributed by atoms with van der Waals surface area (Å²) in [6.07, 6.45) is 2.70. The van der Waals surface area contributed by atoms with Gasteiger partial charge in [-0.3, -0.25) is 14.3 Å². The van der Waals surface area contributed by atoms with Gasteiger partial charge in [0.1, 0.15) is 4.83 Å². The molecule has 7 heteroatoms. The molecule has 1 aromatic carbocycles. The first-order chi connectivity index (χ1) is 15.0. The van der Waals surface area contributed by atoms with E-state index in [1.54, 1.807) is 17.7 Å². The molecule has 1 fully saturated rings. The number of likely N-dealkylation sites (N-methyl/N-ethyl adjacent to an activating group) is 1. The van der Waals surface area contributed by atoms with Gasteiger partial charge in [0.25, 0.3) is 5.56 Å². The van der Waals surface area contributed by atoms with Crippen molar-refractivity contribution in [3.8, 4) is 0 Å². The van der Waals surface area contributed by atoms with Crippen LogP contribution >= 0.6 is 11.3 Å². The van der Waals surface area contributed by atoms with Gasteiger partial charge in [0.05, 0.1) is 11.7 Å². The molecule has 2 aromatic heterocycles. The van der Waals surface area contributed by atoms with Crippen LogP contribution in [0.1, 0.15) is 21.6 Å². The molecule has 2 aliphatic heterocycles. The molecule has 0 unspecified atom stereocenters. The third-order valence-electron chi connectivity index (χ3n) is 6.96. The quantitative estimate of drug-likeness (QED) is 0.628. The SMILES string of the molecule is Cc1cccc(N2CCN(CCn3cnc4sc5c(c4c3=O)CCN(C)C5)CC2)c1C. The average molecular weight is 438 g/mol. The number of aryl methyl sites for hydroxylation is 1. The first-order valence-corrected chi connectivity index (χ1v) is 12.0. The summed E-state index contributed by atoms with van der Waals surface area (Å²) in [5.41, 5.74) is 5.48. The fraction of sp³-hybridized carbons (Fsp3) is 0.500. The Labute approximate surface area is 187 Å². The van der Waals surface area contributed by atoms with Crippen molar-refractivity contribution in [3.63, 3.8) is 0 Å². The number of piperazine rings is 1. The highest BCUT2D eigenvalue weighted by Gasteiger charge is 2.23. The molecular weight excluding hydrogens is 406 g/mol. The van der Waals surface area contributed by atoms with Crippen LogP contribution < -0.4 is 10.5 Å². The number of rotatable bonds is 4. The summed E-state index contributed by atoms with van der Waals surface area (Å²) in [6, 6.07) is 6.57. The number of anilines is 1. The van der Waals surface area contributed by atoms with Crippen molar-refractivity contribution in [2.75, 3.05) is 51.2 Å². The van der Waals surface area contributed by atoms with E-state index in [9.17, 15) is 4.79 Å². The smallest absolute Gasteiger partial charge is 0.262 e. The van der Waals surface area contributed by atoms with E-state index in [4.69, 9.17) is 0 Å². The molecule has 5 rings (SSSR count). The van der Waals surface area contributed by atoms with E-state index in [1.165, 1.54) is 27.3 Å². The monoisotopic (exact) mass is 437 g/mol. The number of hydrogen-bond donors (Lipinski definition) is 0. The van der Waals surface area contributed by atoms with Crippen LogP contribution in [0.4, 0.5) is 5.69 Å². The van der Waals surface area contributed by atoms with Crippen molar-refractivity contribution in [3.05, 3.63) is 56.4 Å². The third kappa shape index (κ3) is 3.90. The van der Waals surface area contributed by atoms with Crippen LogP contribution in [0, 0.1) is 13.8 Å². The first-order valence-electron chi connectivity index (χ1n) is 11.2. The molecule has 0 N–H and O–H groups in total. The minimum absolute atomic E-state index is 0.140. The molecule has 0 bridgehead atoms. The van der Waals surface area contributed by atoms with Gasteiger partial charge in [0.2, 0.25) is 0 Å². The Morgan fingerprint density at radius 1 is 1.06 bits per heavy atom. The second kappa shape index (κ2) is 8.37. The second-order valence-electron chi connectivity index (χ2n) is 8.96. The zero-order chi connectivity index (χ0) is 21.5. The molecular formula is C24H31N5OS. The van der Waals surface area contributed by atoms with Gasteiger partial charge in [-0.2, -0.15) is 0 Å². The van der Waals surface area contributed by atoms with Crippen LogP contribution in [0.3, 0.4) is 0 Å². The Morgan fingerprint density at radius 3 is 2.68 bits per heavy atom. The van der Waals surface area contributed by atoms with Crippen LogP contribution in [-0.2, 0) is 19.5 Å². The molecule has 6 nitrogen and oxygen atoms in total. The molecule has 0 amide bonds. The summed E-state index contributed by atoms with van der Waals surface area (Å²) in [6.45, 7) is 12.0. The summed E-state index contributed by atoms with van der Waals surface area (Å²) in [5, 5.41) is 0.871. The van der Waals surface area contributed by atoms with Gasteiger partial charge in [-0.25, -0.2) is 4.98 Å². The molecule has 0 saturated carbocycles. The molecule has 4 heterocycles. The van der Waals surface area contributed by atoms with Gasteiger partial charge >= 0.3 is 0 Å². The van der Waals surface area contributed by atoms with Gasteiger partial charge in [0.15, 0.2) is 0 Å². The number of benzene rings is 1. The molecule has 3 aromatic rings. The second-order valence-corrected chi connectivity index (χ2v) is 10.0. The summed E-state index contributed by atoms with van der Waals surface area (Å²) in [7, 11) is 2.14. The van der Waals surface area contributed by atoms with Gasteiger partial charge in [0, 0.05) is 62.9 Å². The lowest BCUT2D eigenvalue weighted by Crippen LogP contribution is -2.47. The standard InChI is InChI=1S/C24H31N5OS/c1-17-5-4-6-20(18(17)2)28-12-9-27(10-13-28)11-14-29-16-25-23-22(24(29)30)19-7-8-26(3)15-21(19)31-23/h4-6,16H,7-15H2,1-3H3. The van der Waals surface area contributed by atoms with E-state index in [-0.39, 0.29) is 5.56 Å². The van der Waals surface area contributed by atoms with E-state index in [0.717, 1.165) is 62.5 Å². The molecule has 1 saturated heterocycles. The maximum absolute atomic E-state index is 13.2. The summed E-state index contributed by atoms with van der Waals surface area (Å²) < 4.78 is 1.82. The van der Waals surface area contributed by atoms with Gasteiger partial charge in [-0.05, 0) is 50.1 Å². The first kappa shape index (κ1) is 20.7. The molecule has 0 radical (unpaired) electrons. The van der Waals surface area contributed by atoms with Crippen LogP contribution in [-0.4, -0.2) is 65.7 Å². The number of aromatic nitrogens is 2. The Bertz CT molecular complexity index is 1160. The zero-order valence-electron chi connectivity index (χ0n) is 18.7. The minimum atomic E-state index is 0.140. The molecule has 0 atom stereocenters. The van der Waals surface area contributed by atoms with Crippen molar-refractivity contribution >= 4 is 27.2 Å². The Kier molecular flexibility index (Phi) is 5.58. The highest BCUT2D eigenvalue weighted by atomic mass is 32.1. The molecule has 2 aliphatic rings. The van der Waals surface area contributed by atoms with E-state index in [1.807, 2.05) is 4.57 Å². The van der Waals surface area contributed by atoms with Crippen LogP contribution in [0.25, 0.3) is 10.2 Å². The predicted molar refractivity (Wildman–Crippen MR) is 128 cm³/mol. The molecule has 0 aliphatic carbocycles. The number of hydrogen-bond acceptors (Lipinski definition) is 6. The van der Waals surface area contributed by atoms with Gasteiger partial charge < -0.3 is 9.80 Å². The number of nitrogens with zero attached hydrogens (tertiary/aromatic N) is 5. The van der Waals surface area contributed by atoms with E-state index >= 15 is 0 Å². The minimum Gasteiger partial charge on any atom is -0.369 e. The number of fused-ring (bicyclic) bond motifs is 3. The Morgan fingerprint density at radius 2 is 1.87 bits per heavy atom. The Balaban J connectivity index is 1.25. The van der Waals surface area contributed by atoms with E-state index in [0.29, 0.717) is 6.54 Å². The van der Waals surface area contributed by atoms with Crippen LogP contribution in [0.5, 0.6) is 0 Å². The van der Waals surface area contributed by atoms with Crippen molar-refractivity contribution in [2.24, 2.45) is 0 Å². The predicted octanol–water partition coefficient (Wildman–Crippen LogP) is 2.88. The van der Waals surface area contributed by atoms with E-state index < -0.39 is 0 Å². The molecule has 0 spiro atoms. The number of thiophene rings is 1. The highest BCUT2D eigenvalue weighted by Crippen LogP contribution is 2.31. The van der Waals surface area contributed by atoms with Crippen LogP contribution in [0.15, 0.2) is 29.3 Å². The van der Waals surface area contributed by atoms with Crippen molar-refractivity contribution in [1.82, 2.24) is 19.4 Å².